The van der Waals surface area contributed by atoms with Gasteiger partial charge in [-0.15, -0.1) is 0 Å². The topological polar surface area (TPSA) is 49.3 Å². The Morgan fingerprint density at radius 3 is 2.58 bits per heavy atom. The summed E-state index contributed by atoms with van der Waals surface area (Å²) in [5.74, 6) is 0.712. The lowest BCUT2D eigenvalue weighted by atomic mass is 9.79. The summed E-state index contributed by atoms with van der Waals surface area (Å²) in [5.41, 5.74) is 2.24. The molecule has 1 aliphatic carbocycles. The number of carbonyl (C=O) groups is 1. The molecule has 0 aliphatic heterocycles. The lowest BCUT2D eigenvalue weighted by molar-refractivity contribution is 0.0696. The monoisotopic (exact) mass is 261 g/mol. The standard InChI is InChI=1S/C16H23NO2/c1-10-4-5-13(8-11(10)2)17-14-6-7-15(16(18)19)12(3)9-14/h6-7,9-11,13,17H,4-5,8H2,1-3H3,(H,18,19). The van der Waals surface area contributed by atoms with Gasteiger partial charge in [0.05, 0.1) is 5.56 Å². The Morgan fingerprint density at radius 1 is 1.26 bits per heavy atom. The molecule has 3 nitrogen and oxygen atoms in total. The van der Waals surface area contributed by atoms with Crippen molar-refractivity contribution in [1.82, 2.24) is 0 Å². The van der Waals surface area contributed by atoms with E-state index in [0.717, 1.165) is 23.1 Å². The highest BCUT2D eigenvalue weighted by molar-refractivity contribution is 5.89. The molecule has 1 aliphatic rings. The third-order valence-electron chi connectivity index (χ3n) is 4.43. The molecule has 0 spiro atoms. The first-order valence-electron chi connectivity index (χ1n) is 7.08. The maximum absolute atomic E-state index is 11.0. The number of benzene rings is 1. The van der Waals surface area contributed by atoms with Crippen molar-refractivity contribution in [2.75, 3.05) is 5.32 Å². The number of anilines is 1. The Bertz CT molecular complexity index is 470. The van der Waals surface area contributed by atoms with Crippen LogP contribution >= 0.6 is 0 Å². The van der Waals surface area contributed by atoms with Gasteiger partial charge in [0.25, 0.3) is 0 Å². The second kappa shape index (κ2) is 5.64. The number of hydrogen-bond donors (Lipinski definition) is 2. The van der Waals surface area contributed by atoms with Gasteiger partial charge in [0.2, 0.25) is 0 Å². The van der Waals surface area contributed by atoms with Gasteiger partial charge in [0, 0.05) is 11.7 Å². The lowest BCUT2D eigenvalue weighted by Crippen LogP contribution is -2.30. The molecule has 0 bridgehead atoms. The van der Waals surface area contributed by atoms with E-state index in [9.17, 15) is 4.79 Å². The van der Waals surface area contributed by atoms with Gasteiger partial charge in [-0.2, -0.15) is 0 Å². The minimum atomic E-state index is -0.857. The summed E-state index contributed by atoms with van der Waals surface area (Å²) >= 11 is 0. The molecule has 104 valence electrons. The average molecular weight is 261 g/mol. The lowest BCUT2D eigenvalue weighted by Gasteiger charge is -2.33. The van der Waals surface area contributed by atoms with E-state index in [0.29, 0.717) is 11.6 Å². The summed E-state index contributed by atoms with van der Waals surface area (Å²) in [6.45, 7) is 6.49. The average Bonchev–Trinajstić information content (AvgIpc) is 2.33. The Kier molecular flexibility index (Phi) is 4.13. The van der Waals surface area contributed by atoms with Crippen LogP contribution in [0.3, 0.4) is 0 Å². The van der Waals surface area contributed by atoms with Crippen LogP contribution < -0.4 is 5.32 Å². The first kappa shape index (κ1) is 13.9. The van der Waals surface area contributed by atoms with Crippen molar-refractivity contribution in [2.45, 2.75) is 46.1 Å². The van der Waals surface area contributed by atoms with Gasteiger partial charge in [0.1, 0.15) is 0 Å². The van der Waals surface area contributed by atoms with E-state index in [-0.39, 0.29) is 0 Å². The Labute approximate surface area is 115 Å². The van der Waals surface area contributed by atoms with Crippen LogP contribution in [0.25, 0.3) is 0 Å². The maximum atomic E-state index is 11.0. The van der Waals surface area contributed by atoms with Crippen LogP contribution in [0.15, 0.2) is 18.2 Å². The van der Waals surface area contributed by atoms with E-state index in [2.05, 4.69) is 19.2 Å². The Hall–Kier alpha value is -1.51. The molecular weight excluding hydrogens is 238 g/mol. The van der Waals surface area contributed by atoms with Crippen molar-refractivity contribution in [1.29, 1.82) is 0 Å². The minimum Gasteiger partial charge on any atom is -0.478 e. The smallest absolute Gasteiger partial charge is 0.335 e. The number of carboxylic acids is 1. The van der Waals surface area contributed by atoms with Crippen molar-refractivity contribution < 1.29 is 9.90 Å². The zero-order chi connectivity index (χ0) is 14.0. The van der Waals surface area contributed by atoms with Crippen molar-refractivity contribution in [3.8, 4) is 0 Å². The Morgan fingerprint density at radius 2 is 2.00 bits per heavy atom. The third-order valence-corrected chi connectivity index (χ3v) is 4.43. The fraction of sp³-hybridized carbons (Fsp3) is 0.562. The highest BCUT2D eigenvalue weighted by Gasteiger charge is 2.24. The molecule has 3 heteroatoms. The van der Waals surface area contributed by atoms with Crippen LogP contribution in [-0.2, 0) is 0 Å². The van der Waals surface area contributed by atoms with Crippen molar-refractivity contribution in [3.63, 3.8) is 0 Å². The van der Waals surface area contributed by atoms with Crippen molar-refractivity contribution in [2.24, 2.45) is 11.8 Å². The highest BCUT2D eigenvalue weighted by atomic mass is 16.4. The molecule has 1 saturated carbocycles. The molecule has 1 fully saturated rings. The molecule has 2 rings (SSSR count). The van der Waals surface area contributed by atoms with Crippen LogP contribution in [-0.4, -0.2) is 17.1 Å². The van der Waals surface area contributed by atoms with Gasteiger partial charge in [0.15, 0.2) is 0 Å². The molecule has 0 saturated heterocycles. The van der Waals surface area contributed by atoms with Crippen LogP contribution in [0.5, 0.6) is 0 Å². The molecule has 1 aromatic rings. The second-order valence-corrected chi connectivity index (χ2v) is 5.94. The quantitative estimate of drug-likeness (QED) is 0.866. The van der Waals surface area contributed by atoms with E-state index >= 15 is 0 Å². The molecule has 3 atom stereocenters. The molecule has 19 heavy (non-hydrogen) atoms. The van der Waals surface area contributed by atoms with Crippen molar-refractivity contribution >= 4 is 11.7 Å². The predicted octanol–water partition coefficient (Wildman–Crippen LogP) is 3.93. The number of nitrogens with one attached hydrogen (secondary N) is 1. The summed E-state index contributed by atoms with van der Waals surface area (Å²) in [4.78, 5) is 11.0. The number of carboxylic acid groups (broad SMARTS) is 1. The van der Waals surface area contributed by atoms with Crippen LogP contribution in [0.4, 0.5) is 5.69 Å². The molecule has 0 aromatic heterocycles. The normalized spacial score (nSPS) is 27.0. The summed E-state index contributed by atoms with van der Waals surface area (Å²) in [6, 6.07) is 6.02. The van der Waals surface area contributed by atoms with E-state index in [1.807, 2.05) is 19.1 Å². The summed E-state index contributed by atoms with van der Waals surface area (Å²) in [7, 11) is 0. The first-order chi connectivity index (χ1) is 8.97. The largest absolute Gasteiger partial charge is 0.478 e. The second-order valence-electron chi connectivity index (χ2n) is 5.94. The third kappa shape index (κ3) is 3.28. The molecular formula is C16H23NO2. The van der Waals surface area contributed by atoms with E-state index in [1.54, 1.807) is 6.07 Å². The molecule has 0 heterocycles. The van der Waals surface area contributed by atoms with Gasteiger partial charge >= 0.3 is 5.97 Å². The number of hydrogen-bond acceptors (Lipinski definition) is 2. The predicted molar refractivity (Wildman–Crippen MR) is 77.7 cm³/mol. The number of aryl methyl sites for hydroxylation is 1. The molecule has 1 aromatic carbocycles. The van der Waals surface area contributed by atoms with Crippen LogP contribution in [0, 0.1) is 18.8 Å². The fourth-order valence-corrected chi connectivity index (χ4v) is 2.91. The van der Waals surface area contributed by atoms with Gasteiger partial charge < -0.3 is 10.4 Å². The zero-order valence-corrected chi connectivity index (χ0v) is 11.9. The molecule has 3 unspecified atom stereocenters. The SMILES string of the molecule is Cc1cc(NC2CCC(C)C(C)C2)ccc1C(=O)O. The molecule has 0 radical (unpaired) electrons. The Balaban J connectivity index is 2.04. The number of rotatable bonds is 3. The van der Waals surface area contributed by atoms with E-state index < -0.39 is 5.97 Å². The molecule has 0 amide bonds. The summed E-state index contributed by atoms with van der Waals surface area (Å²) in [6.07, 6.45) is 3.66. The van der Waals surface area contributed by atoms with Gasteiger partial charge in [-0.05, 0) is 61.8 Å². The highest BCUT2D eigenvalue weighted by Crippen LogP contribution is 2.31. The maximum Gasteiger partial charge on any atom is 0.335 e. The molecule has 2 N–H and O–H groups in total. The van der Waals surface area contributed by atoms with Crippen molar-refractivity contribution in [3.05, 3.63) is 29.3 Å². The van der Waals surface area contributed by atoms with Crippen LogP contribution in [0.2, 0.25) is 0 Å². The minimum absolute atomic E-state index is 0.385. The van der Waals surface area contributed by atoms with Gasteiger partial charge in [-0.3, -0.25) is 0 Å². The fourth-order valence-electron chi connectivity index (χ4n) is 2.91. The summed E-state index contributed by atoms with van der Waals surface area (Å²) < 4.78 is 0. The summed E-state index contributed by atoms with van der Waals surface area (Å²) in [5, 5.41) is 12.6. The van der Waals surface area contributed by atoms with Gasteiger partial charge in [-0.1, -0.05) is 13.8 Å². The first-order valence-corrected chi connectivity index (χ1v) is 7.08. The zero-order valence-electron chi connectivity index (χ0n) is 11.9. The van der Waals surface area contributed by atoms with E-state index in [1.165, 1.54) is 19.3 Å². The number of aromatic carboxylic acids is 1. The van der Waals surface area contributed by atoms with Gasteiger partial charge in [-0.25, -0.2) is 4.79 Å². The van der Waals surface area contributed by atoms with Crippen LogP contribution in [0.1, 0.15) is 49.0 Å². The van der Waals surface area contributed by atoms with E-state index in [4.69, 9.17) is 5.11 Å².